The Morgan fingerprint density at radius 1 is 1.33 bits per heavy atom. The van der Waals surface area contributed by atoms with E-state index in [2.05, 4.69) is 22.2 Å². The van der Waals surface area contributed by atoms with Gasteiger partial charge in [0.1, 0.15) is 0 Å². The number of hydrogen-bond donors (Lipinski definition) is 3. The standard InChI is InChI=1S/C14H19Cl2N3O.HI/c1-3-5-18-14(17-4-2)19-9-13(20)10-6-11(15)8-12(16)7-10;/h3,6-8,13,20H,1,4-5,9H2,2H3,(H2,17,18,19);1H. The quantitative estimate of drug-likeness (QED) is 0.273. The fraction of sp³-hybridized carbons (Fsp3) is 0.357. The lowest BCUT2D eigenvalue weighted by Crippen LogP contribution is -2.37. The monoisotopic (exact) mass is 443 g/mol. The third-order valence-corrected chi connectivity index (χ3v) is 2.89. The molecule has 0 bridgehead atoms. The average Bonchev–Trinajstić information content (AvgIpc) is 2.40. The maximum absolute atomic E-state index is 10.1. The number of nitrogens with one attached hydrogen (secondary N) is 2. The number of guanidine groups is 1. The van der Waals surface area contributed by atoms with E-state index in [0.29, 0.717) is 28.1 Å². The van der Waals surface area contributed by atoms with E-state index in [-0.39, 0.29) is 30.5 Å². The number of rotatable bonds is 6. The Kier molecular flexibility index (Phi) is 10.9. The first-order valence-corrected chi connectivity index (χ1v) is 7.09. The summed E-state index contributed by atoms with van der Waals surface area (Å²) in [6.45, 7) is 7.15. The Bertz CT molecular complexity index is 463. The van der Waals surface area contributed by atoms with Gasteiger partial charge in [-0.05, 0) is 30.7 Å². The average molecular weight is 444 g/mol. The van der Waals surface area contributed by atoms with E-state index >= 15 is 0 Å². The molecule has 0 aliphatic carbocycles. The number of hydrogen-bond acceptors (Lipinski definition) is 2. The molecule has 1 rings (SSSR count). The smallest absolute Gasteiger partial charge is 0.191 e. The molecule has 0 aliphatic heterocycles. The second kappa shape index (κ2) is 11.1. The summed E-state index contributed by atoms with van der Waals surface area (Å²) >= 11 is 11.8. The molecule has 21 heavy (non-hydrogen) atoms. The van der Waals surface area contributed by atoms with Crippen molar-refractivity contribution in [2.75, 3.05) is 19.6 Å². The van der Waals surface area contributed by atoms with Crippen molar-refractivity contribution in [2.45, 2.75) is 13.0 Å². The second-order valence-corrected chi connectivity index (χ2v) is 4.98. The highest BCUT2D eigenvalue weighted by Gasteiger charge is 2.09. The van der Waals surface area contributed by atoms with Crippen LogP contribution in [0.4, 0.5) is 0 Å². The molecule has 7 heteroatoms. The minimum Gasteiger partial charge on any atom is -0.386 e. The van der Waals surface area contributed by atoms with Gasteiger partial charge in [0.15, 0.2) is 5.96 Å². The van der Waals surface area contributed by atoms with Crippen molar-refractivity contribution in [3.63, 3.8) is 0 Å². The van der Waals surface area contributed by atoms with Crippen LogP contribution in [0.1, 0.15) is 18.6 Å². The number of nitrogens with zero attached hydrogens (tertiary/aromatic N) is 1. The Balaban J connectivity index is 0.00000400. The molecule has 0 spiro atoms. The topological polar surface area (TPSA) is 56.7 Å². The SMILES string of the molecule is C=CCNC(=NCC(O)c1cc(Cl)cc(Cl)c1)NCC.I. The molecule has 1 aromatic rings. The van der Waals surface area contributed by atoms with Crippen LogP contribution in [0.3, 0.4) is 0 Å². The molecule has 0 saturated heterocycles. The van der Waals surface area contributed by atoms with Crippen molar-refractivity contribution in [3.05, 3.63) is 46.5 Å². The van der Waals surface area contributed by atoms with Gasteiger partial charge < -0.3 is 15.7 Å². The molecule has 0 aliphatic rings. The van der Waals surface area contributed by atoms with Crippen molar-refractivity contribution >= 4 is 53.1 Å². The van der Waals surface area contributed by atoms with Crippen LogP contribution in [0, 0.1) is 0 Å². The van der Waals surface area contributed by atoms with Crippen molar-refractivity contribution in [3.8, 4) is 0 Å². The Hall–Kier alpha value is -0.500. The minimum atomic E-state index is -0.759. The summed E-state index contributed by atoms with van der Waals surface area (Å²) in [7, 11) is 0. The molecule has 0 radical (unpaired) electrons. The van der Waals surface area contributed by atoms with Crippen LogP contribution in [0.2, 0.25) is 10.0 Å². The zero-order chi connectivity index (χ0) is 15.0. The van der Waals surface area contributed by atoms with Crippen LogP contribution < -0.4 is 10.6 Å². The van der Waals surface area contributed by atoms with Crippen molar-refractivity contribution in [2.24, 2.45) is 4.99 Å². The number of halogens is 3. The molecule has 0 heterocycles. The molecule has 1 aromatic carbocycles. The number of benzene rings is 1. The predicted molar refractivity (Wildman–Crippen MR) is 101 cm³/mol. The normalized spacial score (nSPS) is 12.3. The number of aliphatic hydroxyl groups is 1. The molecule has 4 nitrogen and oxygen atoms in total. The molecule has 3 N–H and O–H groups in total. The van der Waals surface area contributed by atoms with Crippen LogP contribution in [0.5, 0.6) is 0 Å². The molecular formula is C14H20Cl2IN3O. The van der Waals surface area contributed by atoms with E-state index in [4.69, 9.17) is 23.2 Å². The van der Waals surface area contributed by atoms with Crippen molar-refractivity contribution in [1.82, 2.24) is 10.6 Å². The fourth-order valence-electron chi connectivity index (χ4n) is 1.56. The summed E-state index contributed by atoms with van der Waals surface area (Å²) in [5, 5.41) is 17.2. The maximum atomic E-state index is 10.1. The third-order valence-electron chi connectivity index (χ3n) is 2.45. The van der Waals surface area contributed by atoms with Gasteiger partial charge in [0.25, 0.3) is 0 Å². The highest BCUT2D eigenvalue weighted by molar-refractivity contribution is 14.0. The van der Waals surface area contributed by atoms with Crippen LogP contribution >= 0.6 is 47.2 Å². The number of aliphatic hydroxyl groups excluding tert-OH is 1. The van der Waals surface area contributed by atoms with E-state index < -0.39 is 6.10 Å². The lowest BCUT2D eigenvalue weighted by Gasteiger charge is -2.13. The van der Waals surface area contributed by atoms with E-state index in [1.165, 1.54) is 0 Å². The van der Waals surface area contributed by atoms with E-state index in [1.54, 1.807) is 24.3 Å². The molecule has 0 amide bonds. The molecule has 0 fully saturated rings. The number of aliphatic imine (C=N–C) groups is 1. The molecule has 1 atom stereocenters. The molecule has 0 aromatic heterocycles. The van der Waals surface area contributed by atoms with Gasteiger partial charge in [0, 0.05) is 23.1 Å². The first kappa shape index (κ1) is 20.5. The van der Waals surface area contributed by atoms with Crippen LogP contribution in [0.15, 0.2) is 35.8 Å². The van der Waals surface area contributed by atoms with Gasteiger partial charge in [0.05, 0.1) is 12.6 Å². The lowest BCUT2D eigenvalue weighted by molar-refractivity contribution is 0.187. The summed E-state index contributed by atoms with van der Waals surface area (Å²) < 4.78 is 0. The first-order valence-electron chi connectivity index (χ1n) is 6.34. The van der Waals surface area contributed by atoms with Crippen LogP contribution in [-0.4, -0.2) is 30.7 Å². The van der Waals surface area contributed by atoms with Crippen LogP contribution in [-0.2, 0) is 0 Å². The van der Waals surface area contributed by atoms with E-state index in [9.17, 15) is 5.11 Å². The van der Waals surface area contributed by atoms with Gasteiger partial charge in [0.2, 0.25) is 0 Å². The van der Waals surface area contributed by atoms with Crippen LogP contribution in [0.25, 0.3) is 0 Å². The zero-order valence-corrected chi connectivity index (χ0v) is 15.6. The highest BCUT2D eigenvalue weighted by atomic mass is 127. The Morgan fingerprint density at radius 3 is 2.48 bits per heavy atom. The molecule has 118 valence electrons. The van der Waals surface area contributed by atoms with Gasteiger partial charge in [-0.3, -0.25) is 4.99 Å². The third kappa shape index (κ3) is 7.90. The minimum absolute atomic E-state index is 0. The van der Waals surface area contributed by atoms with Gasteiger partial charge in [-0.1, -0.05) is 29.3 Å². The summed E-state index contributed by atoms with van der Waals surface area (Å²) in [4.78, 5) is 4.30. The van der Waals surface area contributed by atoms with E-state index in [0.717, 1.165) is 6.54 Å². The molecular weight excluding hydrogens is 424 g/mol. The zero-order valence-electron chi connectivity index (χ0n) is 11.8. The second-order valence-electron chi connectivity index (χ2n) is 4.11. The predicted octanol–water partition coefficient (Wildman–Crippen LogP) is 3.39. The summed E-state index contributed by atoms with van der Waals surface area (Å²) in [5.74, 6) is 0.625. The maximum Gasteiger partial charge on any atom is 0.191 e. The molecule has 1 unspecified atom stereocenters. The first-order chi connectivity index (χ1) is 9.56. The fourth-order valence-corrected chi connectivity index (χ4v) is 2.10. The lowest BCUT2D eigenvalue weighted by atomic mass is 10.1. The largest absolute Gasteiger partial charge is 0.386 e. The highest BCUT2D eigenvalue weighted by Crippen LogP contribution is 2.23. The van der Waals surface area contributed by atoms with Crippen molar-refractivity contribution < 1.29 is 5.11 Å². The molecule has 0 saturated carbocycles. The van der Waals surface area contributed by atoms with Gasteiger partial charge in [-0.2, -0.15) is 0 Å². The summed E-state index contributed by atoms with van der Waals surface area (Å²) in [6, 6.07) is 4.98. The Morgan fingerprint density at radius 2 is 1.95 bits per heavy atom. The van der Waals surface area contributed by atoms with Crippen molar-refractivity contribution in [1.29, 1.82) is 0 Å². The summed E-state index contributed by atoms with van der Waals surface area (Å²) in [5.41, 5.74) is 0.644. The van der Waals surface area contributed by atoms with Gasteiger partial charge in [-0.25, -0.2) is 0 Å². The van der Waals surface area contributed by atoms with Gasteiger partial charge in [-0.15, -0.1) is 30.6 Å². The Labute approximate surface area is 152 Å². The van der Waals surface area contributed by atoms with Gasteiger partial charge >= 0.3 is 0 Å². The summed E-state index contributed by atoms with van der Waals surface area (Å²) in [6.07, 6.45) is 0.977. The van der Waals surface area contributed by atoms with E-state index in [1.807, 2.05) is 6.92 Å².